The SMILES string of the molecule is Cc1nn(-c2nncc(-c3ccc(F)cc3)n2)c2c1[C@@H](c1ccccc1Br)CC(=O)N2. The number of hydrogen-bond acceptors (Lipinski definition) is 5. The second kappa shape index (κ2) is 7.66. The van der Waals surface area contributed by atoms with Crippen LogP contribution in [0.25, 0.3) is 17.2 Å². The summed E-state index contributed by atoms with van der Waals surface area (Å²) in [6.07, 6.45) is 1.82. The fraction of sp³-hybridized carbons (Fsp3) is 0.136. The van der Waals surface area contributed by atoms with E-state index in [-0.39, 0.29) is 23.6 Å². The van der Waals surface area contributed by atoms with Crippen molar-refractivity contribution >= 4 is 27.7 Å². The van der Waals surface area contributed by atoms with Gasteiger partial charge in [0.15, 0.2) is 0 Å². The quantitative estimate of drug-likeness (QED) is 0.471. The van der Waals surface area contributed by atoms with E-state index in [0.717, 1.165) is 21.3 Å². The van der Waals surface area contributed by atoms with Crippen molar-refractivity contribution in [2.45, 2.75) is 19.3 Å². The summed E-state index contributed by atoms with van der Waals surface area (Å²) in [5, 5.41) is 15.7. The molecule has 1 aliphatic heterocycles. The Morgan fingerprint density at radius 1 is 1.16 bits per heavy atom. The molecule has 0 fully saturated rings. The lowest BCUT2D eigenvalue weighted by Gasteiger charge is -2.24. The predicted octanol–water partition coefficient (Wildman–Crippen LogP) is 4.41. The number of benzene rings is 2. The van der Waals surface area contributed by atoms with E-state index in [1.165, 1.54) is 23.0 Å². The maximum Gasteiger partial charge on any atom is 0.272 e. The normalized spacial score (nSPS) is 15.5. The van der Waals surface area contributed by atoms with Gasteiger partial charge in [-0.1, -0.05) is 34.1 Å². The molecule has 2 aromatic heterocycles. The van der Waals surface area contributed by atoms with Crippen molar-refractivity contribution in [1.82, 2.24) is 25.0 Å². The van der Waals surface area contributed by atoms with Gasteiger partial charge in [-0.05, 0) is 42.8 Å². The van der Waals surface area contributed by atoms with Gasteiger partial charge in [-0.3, -0.25) is 4.79 Å². The van der Waals surface area contributed by atoms with Crippen LogP contribution in [-0.4, -0.2) is 30.9 Å². The molecule has 0 saturated heterocycles. The second-order valence-electron chi connectivity index (χ2n) is 7.23. The van der Waals surface area contributed by atoms with Crippen molar-refractivity contribution < 1.29 is 9.18 Å². The Labute approximate surface area is 185 Å². The van der Waals surface area contributed by atoms with Gasteiger partial charge in [0.05, 0.1) is 17.6 Å². The number of hydrogen-bond donors (Lipinski definition) is 1. The maximum absolute atomic E-state index is 13.3. The third kappa shape index (κ3) is 3.50. The number of aromatic nitrogens is 5. The Bertz CT molecular complexity index is 1300. The summed E-state index contributed by atoms with van der Waals surface area (Å²) in [5.41, 5.74) is 3.93. The molecule has 0 spiro atoms. The molecule has 7 nitrogen and oxygen atoms in total. The van der Waals surface area contributed by atoms with Gasteiger partial charge < -0.3 is 5.32 Å². The van der Waals surface area contributed by atoms with Crippen LogP contribution in [0.4, 0.5) is 10.2 Å². The predicted molar refractivity (Wildman–Crippen MR) is 116 cm³/mol. The molecule has 0 saturated carbocycles. The zero-order valence-corrected chi connectivity index (χ0v) is 18.0. The first kappa shape index (κ1) is 19.5. The highest BCUT2D eigenvalue weighted by Crippen LogP contribution is 2.42. The number of anilines is 1. The van der Waals surface area contributed by atoms with E-state index in [1.54, 1.807) is 12.1 Å². The van der Waals surface area contributed by atoms with Gasteiger partial charge in [0.1, 0.15) is 11.6 Å². The molecule has 4 aromatic rings. The lowest BCUT2D eigenvalue weighted by atomic mass is 9.86. The molecule has 9 heteroatoms. The minimum Gasteiger partial charge on any atom is -0.310 e. The van der Waals surface area contributed by atoms with E-state index in [1.807, 2.05) is 31.2 Å². The van der Waals surface area contributed by atoms with Crippen LogP contribution in [-0.2, 0) is 4.79 Å². The van der Waals surface area contributed by atoms with Crippen LogP contribution in [0.15, 0.2) is 59.2 Å². The highest BCUT2D eigenvalue weighted by Gasteiger charge is 2.34. The van der Waals surface area contributed by atoms with Crippen molar-refractivity contribution in [1.29, 1.82) is 0 Å². The second-order valence-corrected chi connectivity index (χ2v) is 8.09. The van der Waals surface area contributed by atoms with Crippen LogP contribution in [0.5, 0.6) is 0 Å². The minimum atomic E-state index is -0.330. The van der Waals surface area contributed by atoms with Crippen molar-refractivity contribution in [3.8, 4) is 17.2 Å². The summed E-state index contributed by atoms with van der Waals surface area (Å²) < 4.78 is 15.7. The number of aryl methyl sites for hydroxylation is 1. The third-order valence-electron chi connectivity index (χ3n) is 5.26. The standard InChI is InChI=1S/C22H16BrFN6O/c1-12-20-16(15-4-2-3-5-17(15)23)10-19(31)27-21(20)30(29-12)22-26-18(11-25-28-22)13-6-8-14(24)9-7-13/h2-9,11,16H,10H2,1H3,(H,27,31)/t16-/m1/s1. The Morgan fingerprint density at radius 3 is 2.71 bits per heavy atom. The smallest absolute Gasteiger partial charge is 0.272 e. The first-order valence-electron chi connectivity index (χ1n) is 9.61. The molecule has 1 aliphatic rings. The van der Waals surface area contributed by atoms with Gasteiger partial charge in [-0.2, -0.15) is 14.9 Å². The van der Waals surface area contributed by atoms with Crippen LogP contribution in [0.2, 0.25) is 0 Å². The molecule has 31 heavy (non-hydrogen) atoms. The number of carbonyl (C=O) groups excluding carboxylic acids is 1. The third-order valence-corrected chi connectivity index (χ3v) is 5.98. The average molecular weight is 479 g/mol. The summed E-state index contributed by atoms with van der Waals surface area (Å²) in [6.45, 7) is 1.90. The minimum absolute atomic E-state index is 0.114. The number of rotatable bonds is 3. The number of carbonyl (C=O) groups is 1. The van der Waals surface area contributed by atoms with Gasteiger partial charge in [-0.25, -0.2) is 9.37 Å². The van der Waals surface area contributed by atoms with Gasteiger partial charge in [-0.15, -0.1) is 5.10 Å². The Hall–Kier alpha value is -3.46. The summed E-state index contributed by atoms with van der Waals surface area (Å²) in [4.78, 5) is 17.1. The van der Waals surface area contributed by atoms with Crippen molar-refractivity contribution in [3.05, 3.63) is 81.8 Å². The Morgan fingerprint density at radius 2 is 1.94 bits per heavy atom. The summed E-state index contributed by atoms with van der Waals surface area (Å²) in [6, 6.07) is 13.8. The molecule has 0 bridgehead atoms. The highest BCUT2D eigenvalue weighted by atomic mass is 79.9. The molecule has 1 N–H and O–H groups in total. The molecule has 0 aliphatic carbocycles. The van der Waals surface area contributed by atoms with Crippen molar-refractivity contribution in [2.75, 3.05) is 5.32 Å². The largest absolute Gasteiger partial charge is 0.310 e. The summed E-state index contributed by atoms with van der Waals surface area (Å²) >= 11 is 3.60. The van der Waals surface area contributed by atoms with E-state index in [4.69, 9.17) is 0 Å². The number of amides is 1. The first-order valence-corrected chi connectivity index (χ1v) is 10.4. The summed E-state index contributed by atoms with van der Waals surface area (Å²) in [5.74, 6) is 0.161. The zero-order chi connectivity index (χ0) is 21.5. The topological polar surface area (TPSA) is 85.6 Å². The fourth-order valence-electron chi connectivity index (χ4n) is 3.86. The lowest BCUT2D eigenvalue weighted by Crippen LogP contribution is -2.25. The zero-order valence-electron chi connectivity index (χ0n) is 16.4. The molecule has 1 atom stereocenters. The summed E-state index contributed by atoms with van der Waals surface area (Å²) in [7, 11) is 0. The maximum atomic E-state index is 13.3. The molecular weight excluding hydrogens is 463 g/mol. The molecule has 2 aromatic carbocycles. The van der Waals surface area contributed by atoms with E-state index in [2.05, 4.69) is 41.5 Å². The van der Waals surface area contributed by atoms with Gasteiger partial charge in [0.2, 0.25) is 5.91 Å². The Kier molecular flexibility index (Phi) is 4.82. The molecule has 0 radical (unpaired) electrons. The lowest BCUT2D eigenvalue weighted by molar-refractivity contribution is -0.116. The molecule has 1 amide bonds. The number of nitrogens with zero attached hydrogens (tertiary/aromatic N) is 5. The van der Waals surface area contributed by atoms with E-state index in [9.17, 15) is 9.18 Å². The molecule has 5 rings (SSSR count). The molecule has 0 unspecified atom stereocenters. The van der Waals surface area contributed by atoms with Gasteiger partial charge in [0, 0.05) is 27.9 Å². The van der Waals surface area contributed by atoms with Crippen molar-refractivity contribution in [3.63, 3.8) is 0 Å². The van der Waals surface area contributed by atoms with E-state index >= 15 is 0 Å². The first-order chi connectivity index (χ1) is 15.0. The van der Waals surface area contributed by atoms with E-state index < -0.39 is 0 Å². The van der Waals surface area contributed by atoms with Crippen LogP contribution in [0, 0.1) is 12.7 Å². The van der Waals surface area contributed by atoms with Crippen LogP contribution < -0.4 is 5.32 Å². The average Bonchev–Trinajstić information content (AvgIpc) is 3.10. The number of halogens is 2. The Balaban J connectivity index is 1.63. The number of fused-ring (bicyclic) bond motifs is 1. The molecule has 3 heterocycles. The molecular formula is C22H16BrFN6O. The van der Waals surface area contributed by atoms with Crippen molar-refractivity contribution in [2.24, 2.45) is 0 Å². The van der Waals surface area contributed by atoms with Gasteiger partial charge >= 0.3 is 0 Å². The number of nitrogens with one attached hydrogen (secondary N) is 1. The molecule has 154 valence electrons. The van der Waals surface area contributed by atoms with Crippen LogP contribution in [0.3, 0.4) is 0 Å². The van der Waals surface area contributed by atoms with Gasteiger partial charge in [0.25, 0.3) is 5.95 Å². The van der Waals surface area contributed by atoms with Crippen LogP contribution in [0.1, 0.15) is 29.2 Å². The van der Waals surface area contributed by atoms with E-state index in [0.29, 0.717) is 23.5 Å². The van der Waals surface area contributed by atoms with Crippen LogP contribution >= 0.6 is 15.9 Å². The highest BCUT2D eigenvalue weighted by molar-refractivity contribution is 9.10. The monoisotopic (exact) mass is 478 g/mol. The fourth-order valence-corrected chi connectivity index (χ4v) is 4.42.